The highest BCUT2D eigenvalue weighted by Gasteiger charge is 2.09. The first-order valence-electron chi connectivity index (χ1n) is 7.55. The van der Waals surface area contributed by atoms with Crippen LogP contribution in [0.4, 0.5) is 5.69 Å². The highest BCUT2D eigenvalue weighted by Crippen LogP contribution is 2.18. The lowest BCUT2D eigenvalue weighted by atomic mass is 10.1. The minimum Gasteiger partial charge on any atom is -0.346 e. The standard InChI is InChI=1S/C18H19BrN2O3S/c1-13(15-4-3-5-17(12-15)21-25(2,23)24)20-18(22)11-8-14-6-9-16(19)10-7-14/h3-13,21H,1-2H3,(H,20,22). The Kier molecular flexibility index (Phi) is 6.39. The summed E-state index contributed by atoms with van der Waals surface area (Å²) in [6, 6.07) is 14.3. The van der Waals surface area contributed by atoms with E-state index in [2.05, 4.69) is 26.0 Å². The van der Waals surface area contributed by atoms with Crippen LogP contribution in [0.15, 0.2) is 59.1 Å². The van der Waals surface area contributed by atoms with E-state index in [1.54, 1.807) is 24.3 Å². The average molecular weight is 423 g/mol. The van der Waals surface area contributed by atoms with Crippen molar-refractivity contribution >= 4 is 43.6 Å². The Morgan fingerprint density at radius 3 is 2.48 bits per heavy atom. The van der Waals surface area contributed by atoms with Crippen LogP contribution in [0.5, 0.6) is 0 Å². The number of rotatable bonds is 6. The second kappa shape index (κ2) is 8.31. The maximum Gasteiger partial charge on any atom is 0.244 e. The molecule has 1 unspecified atom stereocenters. The van der Waals surface area contributed by atoms with E-state index >= 15 is 0 Å². The summed E-state index contributed by atoms with van der Waals surface area (Å²) in [5.41, 5.74) is 2.19. The van der Waals surface area contributed by atoms with Gasteiger partial charge in [0.2, 0.25) is 15.9 Å². The molecule has 0 bridgehead atoms. The van der Waals surface area contributed by atoms with Gasteiger partial charge in [0.1, 0.15) is 0 Å². The van der Waals surface area contributed by atoms with E-state index in [1.807, 2.05) is 37.3 Å². The molecule has 0 saturated carbocycles. The Morgan fingerprint density at radius 1 is 1.16 bits per heavy atom. The van der Waals surface area contributed by atoms with Crippen LogP contribution < -0.4 is 10.0 Å². The molecule has 0 aliphatic heterocycles. The normalized spacial score (nSPS) is 12.8. The van der Waals surface area contributed by atoms with Crippen molar-refractivity contribution in [1.82, 2.24) is 5.32 Å². The predicted molar refractivity (Wildman–Crippen MR) is 105 cm³/mol. The lowest BCUT2D eigenvalue weighted by Crippen LogP contribution is -2.24. The molecule has 1 atom stereocenters. The molecule has 7 heteroatoms. The highest BCUT2D eigenvalue weighted by molar-refractivity contribution is 9.10. The number of nitrogens with one attached hydrogen (secondary N) is 2. The first-order chi connectivity index (χ1) is 11.7. The third-order valence-corrected chi connectivity index (χ3v) is 4.48. The minimum absolute atomic E-state index is 0.225. The maximum absolute atomic E-state index is 12.1. The van der Waals surface area contributed by atoms with Crippen molar-refractivity contribution in [3.05, 3.63) is 70.2 Å². The van der Waals surface area contributed by atoms with Gasteiger partial charge in [-0.2, -0.15) is 0 Å². The average Bonchev–Trinajstić information content (AvgIpc) is 2.53. The van der Waals surface area contributed by atoms with Gasteiger partial charge in [-0.05, 0) is 48.4 Å². The Balaban J connectivity index is 2.01. The van der Waals surface area contributed by atoms with Gasteiger partial charge in [0.05, 0.1) is 12.3 Å². The lowest BCUT2D eigenvalue weighted by Gasteiger charge is -2.14. The smallest absolute Gasteiger partial charge is 0.244 e. The number of benzene rings is 2. The molecule has 0 fully saturated rings. The van der Waals surface area contributed by atoms with Crippen LogP contribution in [0.1, 0.15) is 24.1 Å². The molecular weight excluding hydrogens is 404 g/mol. The van der Waals surface area contributed by atoms with Crippen molar-refractivity contribution in [2.75, 3.05) is 11.0 Å². The van der Waals surface area contributed by atoms with E-state index in [1.165, 1.54) is 6.08 Å². The summed E-state index contributed by atoms with van der Waals surface area (Å²) in [5.74, 6) is -0.225. The van der Waals surface area contributed by atoms with Crippen LogP contribution >= 0.6 is 15.9 Å². The second-order valence-corrected chi connectivity index (χ2v) is 8.28. The van der Waals surface area contributed by atoms with Crippen LogP contribution in [-0.4, -0.2) is 20.6 Å². The van der Waals surface area contributed by atoms with Gasteiger partial charge >= 0.3 is 0 Å². The van der Waals surface area contributed by atoms with Crippen LogP contribution in [-0.2, 0) is 14.8 Å². The zero-order valence-corrected chi connectivity index (χ0v) is 16.3. The zero-order chi connectivity index (χ0) is 18.4. The molecule has 2 rings (SSSR count). The van der Waals surface area contributed by atoms with Crippen molar-refractivity contribution in [2.24, 2.45) is 0 Å². The number of hydrogen-bond donors (Lipinski definition) is 2. The van der Waals surface area contributed by atoms with E-state index in [0.717, 1.165) is 21.9 Å². The molecular formula is C18H19BrN2O3S. The van der Waals surface area contributed by atoms with E-state index in [0.29, 0.717) is 5.69 Å². The number of sulfonamides is 1. The molecule has 0 spiro atoms. The summed E-state index contributed by atoms with van der Waals surface area (Å²) >= 11 is 3.36. The Morgan fingerprint density at radius 2 is 1.84 bits per heavy atom. The van der Waals surface area contributed by atoms with Gasteiger partial charge in [-0.25, -0.2) is 8.42 Å². The molecule has 0 aromatic heterocycles. The van der Waals surface area contributed by atoms with Gasteiger partial charge in [0.15, 0.2) is 0 Å². The molecule has 1 amide bonds. The third-order valence-electron chi connectivity index (χ3n) is 3.35. The number of halogens is 1. The molecule has 2 aromatic rings. The van der Waals surface area contributed by atoms with Gasteiger partial charge in [-0.3, -0.25) is 9.52 Å². The summed E-state index contributed by atoms with van der Waals surface area (Å²) in [4.78, 5) is 12.1. The summed E-state index contributed by atoms with van der Waals surface area (Å²) < 4.78 is 26.0. The predicted octanol–water partition coefficient (Wildman–Crippen LogP) is 3.71. The van der Waals surface area contributed by atoms with Gasteiger partial charge in [-0.15, -0.1) is 0 Å². The van der Waals surface area contributed by atoms with Crippen molar-refractivity contribution in [3.63, 3.8) is 0 Å². The first kappa shape index (κ1) is 19.2. The molecule has 5 nitrogen and oxygen atoms in total. The molecule has 2 N–H and O–H groups in total. The minimum atomic E-state index is -3.34. The van der Waals surface area contributed by atoms with Gasteiger partial charge in [0.25, 0.3) is 0 Å². The maximum atomic E-state index is 12.1. The molecule has 0 saturated heterocycles. The Bertz CT molecular complexity index is 877. The van der Waals surface area contributed by atoms with Gasteiger partial charge in [0, 0.05) is 16.2 Å². The fourth-order valence-corrected chi connectivity index (χ4v) is 3.00. The van der Waals surface area contributed by atoms with Crippen molar-refractivity contribution in [2.45, 2.75) is 13.0 Å². The fraction of sp³-hybridized carbons (Fsp3) is 0.167. The monoisotopic (exact) mass is 422 g/mol. The quantitative estimate of drug-likeness (QED) is 0.696. The molecule has 0 heterocycles. The third kappa shape index (κ3) is 6.72. The zero-order valence-electron chi connectivity index (χ0n) is 13.9. The van der Waals surface area contributed by atoms with Crippen molar-refractivity contribution < 1.29 is 13.2 Å². The van der Waals surface area contributed by atoms with Gasteiger partial charge in [-0.1, -0.05) is 40.2 Å². The number of anilines is 1. The van der Waals surface area contributed by atoms with Gasteiger partial charge < -0.3 is 5.32 Å². The molecule has 0 aliphatic carbocycles. The van der Waals surface area contributed by atoms with Crippen LogP contribution in [0.25, 0.3) is 6.08 Å². The number of carbonyl (C=O) groups excluding carboxylic acids is 1. The molecule has 2 aromatic carbocycles. The first-order valence-corrected chi connectivity index (χ1v) is 10.2. The second-order valence-electron chi connectivity index (χ2n) is 5.61. The van der Waals surface area contributed by atoms with Crippen molar-refractivity contribution in [1.29, 1.82) is 0 Å². The van der Waals surface area contributed by atoms with E-state index in [4.69, 9.17) is 0 Å². The molecule has 0 aliphatic rings. The summed E-state index contributed by atoms with van der Waals surface area (Å²) in [6.07, 6.45) is 4.30. The lowest BCUT2D eigenvalue weighted by molar-refractivity contribution is -0.117. The number of amides is 1. The van der Waals surface area contributed by atoms with Crippen LogP contribution in [0.3, 0.4) is 0 Å². The Labute approximate surface area is 156 Å². The molecule has 132 valence electrons. The van der Waals surface area contributed by atoms with Crippen molar-refractivity contribution in [3.8, 4) is 0 Å². The summed E-state index contributed by atoms with van der Waals surface area (Å²) in [6.45, 7) is 1.84. The van der Waals surface area contributed by atoms with E-state index in [9.17, 15) is 13.2 Å². The summed E-state index contributed by atoms with van der Waals surface area (Å²) in [7, 11) is -3.34. The van der Waals surface area contributed by atoms with Crippen LogP contribution in [0, 0.1) is 0 Å². The molecule has 0 radical (unpaired) electrons. The topological polar surface area (TPSA) is 75.3 Å². The molecule has 25 heavy (non-hydrogen) atoms. The van der Waals surface area contributed by atoms with Crippen LogP contribution in [0.2, 0.25) is 0 Å². The highest BCUT2D eigenvalue weighted by atomic mass is 79.9. The summed E-state index contributed by atoms with van der Waals surface area (Å²) in [5, 5.41) is 2.86. The largest absolute Gasteiger partial charge is 0.346 e. The fourth-order valence-electron chi connectivity index (χ4n) is 2.18. The SMILES string of the molecule is CC(NC(=O)C=Cc1ccc(Br)cc1)c1cccc(NS(C)(=O)=O)c1. The number of carbonyl (C=O) groups is 1. The number of hydrogen-bond acceptors (Lipinski definition) is 3. The van der Waals surface area contributed by atoms with E-state index < -0.39 is 10.0 Å². The van der Waals surface area contributed by atoms with E-state index in [-0.39, 0.29) is 11.9 Å². The Hall–Kier alpha value is -2.12.